The summed E-state index contributed by atoms with van der Waals surface area (Å²) in [5, 5.41) is 11.7. The first kappa shape index (κ1) is 33.2. The summed E-state index contributed by atoms with van der Waals surface area (Å²) in [4.78, 5) is 0. The number of ether oxygens (including phenoxy) is 3. The van der Waals surface area contributed by atoms with Crippen molar-refractivity contribution in [1.29, 1.82) is 0 Å². The zero-order valence-corrected chi connectivity index (χ0v) is 27.4. The van der Waals surface area contributed by atoms with E-state index in [1.165, 1.54) is 16.7 Å². The number of benzene rings is 2. The molecule has 4 nitrogen and oxygen atoms in total. The lowest BCUT2D eigenvalue weighted by atomic mass is 9.74. The third-order valence-electron chi connectivity index (χ3n) is 7.44. The van der Waals surface area contributed by atoms with Crippen LogP contribution in [-0.4, -0.2) is 38.6 Å². The molecule has 0 amide bonds. The van der Waals surface area contributed by atoms with Gasteiger partial charge in [0.25, 0.3) is 0 Å². The molecule has 1 N–H and O–H groups in total. The van der Waals surface area contributed by atoms with E-state index >= 15 is 0 Å². The molecule has 1 atom stereocenters. The van der Waals surface area contributed by atoms with Crippen LogP contribution in [0, 0.1) is 0 Å². The predicted molar refractivity (Wildman–Crippen MR) is 165 cm³/mol. The van der Waals surface area contributed by atoms with Gasteiger partial charge in [-0.1, -0.05) is 114 Å². The lowest BCUT2D eigenvalue weighted by Gasteiger charge is -2.32. The van der Waals surface area contributed by atoms with E-state index in [1.807, 2.05) is 0 Å². The molecule has 2 aromatic carbocycles. The Morgan fingerprint density at radius 3 is 1.54 bits per heavy atom. The van der Waals surface area contributed by atoms with Crippen LogP contribution >= 0.6 is 0 Å². The molecule has 0 radical (unpaired) electrons. The molecule has 1 unspecified atom stereocenters. The van der Waals surface area contributed by atoms with Crippen LogP contribution in [0.4, 0.5) is 0 Å². The van der Waals surface area contributed by atoms with Crippen LogP contribution in [0.2, 0.25) is 0 Å². The smallest absolute Gasteiger partial charge is 0.126 e. The minimum Gasteiger partial charge on any atom is -0.507 e. The van der Waals surface area contributed by atoms with Gasteiger partial charge in [-0.25, -0.2) is 0 Å². The summed E-state index contributed by atoms with van der Waals surface area (Å²) in [6.07, 6.45) is 0. The van der Waals surface area contributed by atoms with E-state index in [0.717, 1.165) is 22.4 Å². The van der Waals surface area contributed by atoms with Gasteiger partial charge in [0, 0.05) is 29.7 Å². The van der Waals surface area contributed by atoms with Gasteiger partial charge in [0.2, 0.25) is 0 Å². The average Bonchev–Trinajstić information content (AvgIpc) is 2.77. The Bertz CT molecular complexity index is 1100. The van der Waals surface area contributed by atoms with E-state index in [9.17, 15) is 5.11 Å². The van der Waals surface area contributed by atoms with Gasteiger partial charge in [0.05, 0.1) is 19.8 Å². The lowest BCUT2D eigenvalue weighted by molar-refractivity contribution is 0.0539. The first-order valence-corrected chi connectivity index (χ1v) is 14.5. The maximum Gasteiger partial charge on any atom is 0.126 e. The Balaban J connectivity index is 2.81. The van der Waals surface area contributed by atoms with Crippen LogP contribution < -0.4 is 4.74 Å². The second-order valence-electron chi connectivity index (χ2n) is 15.1. The molecule has 0 aliphatic heterocycles. The van der Waals surface area contributed by atoms with Crippen molar-refractivity contribution < 1.29 is 19.3 Å². The number of methoxy groups -OCH3 is 1. The molecule has 0 aliphatic rings. The zero-order chi connectivity index (χ0) is 30.0. The number of aromatic hydroxyl groups is 1. The second-order valence-corrected chi connectivity index (χ2v) is 15.1. The fourth-order valence-electron chi connectivity index (χ4n) is 4.73. The van der Waals surface area contributed by atoms with Gasteiger partial charge in [-0.2, -0.15) is 0 Å². The summed E-state index contributed by atoms with van der Waals surface area (Å²) in [6, 6.07) is 8.99. The molecule has 2 rings (SSSR count). The van der Waals surface area contributed by atoms with Crippen LogP contribution in [0.5, 0.6) is 11.5 Å². The summed E-state index contributed by atoms with van der Waals surface area (Å²) in [5.41, 5.74) is 6.28. The first-order chi connectivity index (χ1) is 17.7. The largest absolute Gasteiger partial charge is 0.507 e. The van der Waals surface area contributed by atoms with E-state index in [4.69, 9.17) is 14.2 Å². The minimum atomic E-state index is -0.192. The maximum absolute atomic E-state index is 11.7. The molecule has 39 heavy (non-hydrogen) atoms. The molecule has 2 aromatic rings. The molecule has 4 heteroatoms. The SMILES string of the molecule is COCCOCCOc1c(C(C)c2cc(C(C)(C)C)cc(C(C)(C)C)c2O)cc(C(C)(C)C)cc1C(C)(C)C. The molecule has 0 aromatic heterocycles. The van der Waals surface area contributed by atoms with Gasteiger partial charge in [-0.05, 0) is 38.4 Å². The molecular formula is C35H56O4. The maximum atomic E-state index is 11.7. The van der Waals surface area contributed by atoms with Gasteiger partial charge in [0.1, 0.15) is 18.1 Å². The molecule has 0 heterocycles. The van der Waals surface area contributed by atoms with E-state index in [0.29, 0.717) is 32.2 Å². The first-order valence-electron chi connectivity index (χ1n) is 14.5. The highest BCUT2D eigenvalue weighted by Gasteiger charge is 2.31. The minimum absolute atomic E-state index is 0.0395. The summed E-state index contributed by atoms with van der Waals surface area (Å²) in [5.74, 6) is 1.20. The molecule has 220 valence electrons. The Hall–Kier alpha value is -2.04. The van der Waals surface area contributed by atoms with Gasteiger partial charge >= 0.3 is 0 Å². The van der Waals surface area contributed by atoms with Crippen molar-refractivity contribution in [2.24, 2.45) is 0 Å². The summed E-state index contributed by atoms with van der Waals surface area (Å²) < 4.78 is 17.4. The van der Waals surface area contributed by atoms with Crippen LogP contribution in [-0.2, 0) is 31.1 Å². The predicted octanol–water partition coefficient (Wildman–Crippen LogP) is 8.78. The van der Waals surface area contributed by atoms with Crippen molar-refractivity contribution in [3.63, 3.8) is 0 Å². The van der Waals surface area contributed by atoms with Crippen molar-refractivity contribution in [1.82, 2.24) is 0 Å². The zero-order valence-electron chi connectivity index (χ0n) is 27.4. The van der Waals surface area contributed by atoms with E-state index in [1.54, 1.807) is 7.11 Å². The summed E-state index contributed by atoms with van der Waals surface area (Å²) in [7, 11) is 1.68. The molecule has 0 saturated heterocycles. The molecule has 0 fully saturated rings. The van der Waals surface area contributed by atoms with Crippen molar-refractivity contribution in [3.05, 3.63) is 57.6 Å². The van der Waals surface area contributed by atoms with Crippen molar-refractivity contribution in [3.8, 4) is 11.5 Å². The van der Waals surface area contributed by atoms with Crippen LogP contribution in [0.15, 0.2) is 24.3 Å². The highest BCUT2D eigenvalue weighted by Crippen LogP contribution is 2.47. The topological polar surface area (TPSA) is 47.9 Å². The third-order valence-corrected chi connectivity index (χ3v) is 7.44. The monoisotopic (exact) mass is 540 g/mol. The highest BCUT2D eigenvalue weighted by molar-refractivity contribution is 5.57. The second kappa shape index (κ2) is 12.2. The van der Waals surface area contributed by atoms with E-state index in [-0.39, 0.29) is 27.6 Å². The summed E-state index contributed by atoms with van der Waals surface area (Å²) in [6.45, 7) is 30.9. The van der Waals surface area contributed by atoms with E-state index < -0.39 is 0 Å². The molecule has 0 aliphatic carbocycles. The number of hydrogen-bond donors (Lipinski definition) is 1. The van der Waals surface area contributed by atoms with Gasteiger partial charge < -0.3 is 19.3 Å². The number of hydrogen-bond acceptors (Lipinski definition) is 4. The molecular weight excluding hydrogens is 484 g/mol. The van der Waals surface area contributed by atoms with Gasteiger partial charge in [-0.3, -0.25) is 0 Å². The number of phenolic OH excluding ortho intramolecular Hbond substituents is 1. The number of rotatable bonds is 9. The molecule has 0 saturated carbocycles. The Morgan fingerprint density at radius 1 is 0.615 bits per heavy atom. The normalized spacial score (nSPS) is 14.0. The Kier molecular flexibility index (Phi) is 10.4. The van der Waals surface area contributed by atoms with Gasteiger partial charge in [-0.15, -0.1) is 0 Å². The third kappa shape index (κ3) is 8.47. The molecule has 0 bridgehead atoms. The van der Waals surface area contributed by atoms with Crippen molar-refractivity contribution >= 4 is 0 Å². The number of phenols is 1. The van der Waals surface area contributed by atoms with Gasteiger partial charge in [0.15, 0.2) is 0 Å². The Labute approximate surface area is 239 Å². The van der Waals surface area contributed by atoms with Crippen LogP contribution in [0.1, 0.15) is 129 Å². The van der Waals surface area contributed by atoms with Crippen molar-refractivity contribution in [2.75, 3.05) is 33.5 Å². The average molecular weight is 541 g/mol. The van der Waals surface area contributed by atoms with Crippen molar-refractivity contribution in [2.45, 2.75) is 118 Å². The van der Waals surface area contributed by atoms with Crippen LogP contribution in [0.25, 0.3) is 0 Å². The van der Waals surface area contributed by atoms with Crippen LogP contribution in [0.3, 0.4) is 0 Å². The fourth-order valence-corrected chi connectivity index (χ4v) is 4.73. The highest BCUT2D eigenvalue weighted by atomic mass is 16.5. The summed E-state index contributed by atoms with van der Waals surface area (Å²) >= 11 is 0. The molecule has 0 spiro atoms. The Morgan fingerprint density at radius 2 is 1.08 bits per heavy atom. The lowest BCUT2D eigenvalue weighted by Crippen LogP contribution is -2.22. The fraction of sp³-hybridized carbons (Fsp3) is 0.657. The standard InChI is InChI=1S/C35H56O4/c1-23(26-19-24(32(2,3)4)21-28(30(26)36)34(8,9)10)27-20-25(33(5,6)7)22-29(35(11,12)13)31(27)39-18-17-38-16-15-37-14/h19-23,36H,15-18H2,1-14H3. The quantitative estimate of drug-likeness (QED) is 0.323. The van der Waals surface area contributed by atoms with E-state index in [2.05, 4.69) is 114 Å².